The molecule has 0 amide bonds. The molecule has 0 aliphatic heterocycles. The second-order valence-corrected chi connectivity index (χ2v) is 10.0. The zero-order valence-corrected chi connectivity index (χ0v) is 22.6. The van der Waals surface area contributed by atoms with E-state index in [0.29, 0.717) is 12.0 Å². The number of hydrogen-bond donors (Lipinski definition) is 0. The first-order chi connectivity index (χ1) is 17.8. The summed E-state index contributed by atoms with van der Waals surface area (Å²) in [5.41, 5.74) is 3.24. The first kappa shape index (κ1) is 30.9. The lowest BCUT2D eigenvalue weighted by atomic mass is 9.97. The fourth-order valence-electron chi connectivity index (χ4n) is 4.47. The van der Waals surface area contributed by atoms with Crippen LogP contribution in [0.3, 0.4) is 0 Å². The number of aromatic nitrogens is 1. The number of nitrogens with zero attached hydrogens (tertiary/aromatic N) is 1. The van der Waals surface area contributed by atoms with Crippen LogP contribution in [0.1, 0.15) is 113 Å². The summed E-state index contributed by atoms with van der Waals surface area (Å²) in [5.74, 6) is -2.03. The van der Waals surface area contributed by atoms with E-state index in [9.17, 15) is 18.0 Å². The Bertz CT molecular complexity index is 879. The van der Waals surface area contributed by atoms with Gasteiger partial charge in [-0.1, -0.05) is 96.3 Å². The van der Waals surface area contributed by atoms with Crippen LogP contribution in [0, 0.1) is 5.92 Å². The number of aryl methyl sites for hydroxylation is 1. The molecule has 0 saturated heterocycles. The van der Waals surface area contributed by atoms with Crippen molar-refractivity contribution >= 4 is 5.97 Å². The van der Waals surface area contributed by atoms with Gasteiger partial charge in [-0.05, 0) is 49.4 Å². The predicted octanol–water partition coefficient (Wildman–Crippen LogP) is 9.74. The molecule has 6 heteroatoms. The van der Waals surface area contributed by atoms with E-state index in [1.54, 1.807) is 24.3 Å². The number of esters is 1. The van der Waals surface area contributed by atoms with E-state index in [1.807, 2.05) is 19.2 Å². The van der Waals surface area contributed by atoms with Crippen molar-refractivity contribution in [3.63, 3.8) is 0 Å². The Labute approximate surface area is 221 Å². The van der Waals surface area contributed by atoms with Crippen LogP contribution < -0.4 is 0 Å². The molecule has 1 heterocycles. The molecule has 0 aliphatic rings. The molecule has 2 aromatic rings. The second-order valence-electron chi connectivity index (χ2n) is 10.0. The van der Waals surface area contributed by atoms with Gasteiger partial charge in [-0.3, -0.25) is 4.98 Å². The number of carbonyl (C=O) groups excluding carboxylic acids is 1. The van der Waals surface area contributed by atoms with Crippen molar-refractivity contribution in [2.75, 3.05) is 6.61 Å². The maximum Gasteiger partial charge on any atom is 0.391 e. The minimum Gasteiger partial charge on any atom is -0.462 e. The number of ether oxygens (including phenoxy) is 1. The van der Waals surface area contributed by atoms with Crippen LogP contribution in [0.2, 0.25) is 0 Å². The molecule has 1 unspecified atom stereocenters. The summed E-state index contributed by atoms with van der Waals surface area (Å²) in [7, 11) is 0. The molecule has 0 spiro atoms. The highest BCUT2D eigenvalue weighted by Gasteiger charge is 2.38. The second kappa shape index (κ2) is 17.2. The molecule has 37 heavy (non-hydrogen) atoms. The Morgan fingerprint density at radius 1 is 0.811 bits per heavy atom. The topological polar surface area (TPSA) is 39.2 Å². The van der Waals surface area contributed by atoms with E-state index < -0.39 is 18.1 Å². The summed E-state index contributed by atoms with van der Waals surface area (Å²) in [6.07, 6.45) is 10.8. The maximum absolute atomic E-state index is 13.3. The van der Waals surface area contributed by atoms with E-state index in [2.05, 4.69) is 18.0 Å². The molecule has 0 radical (unpaired) electrons. The number of halogens is 3. The van der Waals surface area contributed by atoms with Crippen molar-refractivity contribution in [2.24, 2.45) is 5.92 Å². The Hall–Kier alpha value is -2.37. The lowest BCUT2D eigenvalue weighted by Crippen LogP contribution is -2.25. The fourth-order valence-corrected chi connectivity index (χ4v) is 4.47. The summed E-state index contributed by atoms with van der Waals surface area (Å²) < 4.78 is 45.0. The van der Waals surface area contributed by atoms with Crippen LogP contribution in [0.5, 0.6) is 0 Å². The van der Waals surface area contributed by atoms with Crippen molar-refractivity contribution < 1.29 is 22.7 Å². The highest BCUT2D eigenvalue weighted by atomic mass is 19.4. The monoisotopic (exact) mass is 519 g/mol. The zero-order chi connectivity index (χ0) is 26.9. The molecule has 2 rings (SSSR count). The van der Waals surface area contributed by atoms with Crippen LogP contribution in [0.4, 0.5) is 13.2 Å². The van der Waals surface area contributed by atoms with Crippen LogP contribution in [0.25, 0.3) is 11.3 Å². The van der Waals surface area contributed by atoms with E-state index in [-0.39, 0.29) is 19.4 Å². The number of rotatable bonds is 18. The molecule has 1 aromatic carbocycles. The normalized spacial score (nSPS) is 12.5. The Morgan fingerprint density at radius 3 is 2.03 bits per heavy atom. The van der Waals surface area contributed by atoms with Crippen LogP contribution in [0.15, 0.2) is 42.6 Å². The van der Waals surface area contributed by atoms with E-state index >= 15 is 0 Å². The highest BCUT2D eigenvalue weighted by molar-refractivity contribution is 5.90. The summed E-state index contributed by atoms with van der Waals surface area (Å²) in [6, 6.07) is 10.9. The minimum atomic E-state index is -4.27. The summed E-state index contributed by atoms with van der Waals surface area (Å²) in [5, 5.41) is 0. The smallest absolute Gasteiger partial charge is 0.391 e. The van der Waals surface area contributed by atoms with Crippen LogP contribution in [-0.2, 0) is 11.2 Å². The summed E-state index contributed by atoms with van der Waals surface area (Å²) >= 11 is 0. The number of pyridine rings is 1. The summed E-state index contributed by atoms with van der Waals surface area (Å²) in [6.45, 7) is 4.02. The molecule has 0 N–H and O–H groups in total. The van der Waals surface area contributed by atoms with Crippen LogP contribution >= 0.6 is 0 Å². The Morgan fingerprint density at radius 2 is 1.43 bits per heavy atom. The van der Waals surface area contributed by atoms with Gasteiger partial charge in [-0.2, -0.15) is 13.2 Å². The molecule has 3 nitrogen and oxygen atoms in total. The van der Waals surface area contributed by atoms with Crippen molar-refractivity contribution in [3.8, 4) is 11.3 Å². The standard InChI is InChI=1S/C31H44F3NO2/c1-3-5-7-9-10-11-12-14-25-16-21-29(35-24-25)26-17-19-27(20-18-26)30(36)37-23-22-28(31(32,33)34)15-13-8-6-4-2/h16-21,24,28H,3-15,22-23H2,1-2H3. The lowest BCUT2D eigenvalue weighted by Gasteiger charge is -2.20. The van der Waals surface area contributed by atoms with Gasteiger partial charge in [0.1, 0.15) is 0 Å². The lowest BCUT2D eigenvalue weighted by molar-refractivity contribution is -0.180. The molecule has 0 fully saturated rings. The maximum atomic E-state index is 13.3. The number of alkyl halides is 3. The molecule has 206 valence electrons. The third kappa shape index (κ3) is 12.1. The Balaban J connectivity index is 1.78. The number of benzene rings is 1. The van der Waals surface area contributed by atoms with Gasteiger partial charge in [0.25, 0.3) is 0 Å². The molecular formula is C31H44F3NO2. The van der Waals surface area contributed by atoms with E-state index in [4.69, 9.17) is 4.74 Å². The van der Waals surface area contributed by atoms with Crippen LogP contribution in [-0.4, -0.2) is 23.7 Å². The van der Waals surface area contributed by atoms with Crippen molar-refractivity contribution in [1.82, 2.24) is 4.98 Å². The third-order valence-corrected chi connectivity index (χ3v) is 6.88. The summed E-state index contributed by atoms with van der Waals surface area (Å²) in [4.78, 5) is 16.9. The van der Waals surface area contributed by atoms with Gasteiger partial charge in [0, 0.05) is 11.8 Å². The number of unbranched alkanes of at least 4 members (excludes halogenated alkanes) is 9. The molecular weight excluding hydrogens is 475 g/mol. The highest BCUT2D eigenvalue weighted by Crippen LogP contribution is 2.33. The third-order valence-electron chi connectivity index (χ3n) is 6.88. The van der Waals surface area contributed by atoms with Gasteiger partial charge < -0.3 is 4.74 Å². The molecule has 0 saturated carbocycles. The fraction of sp³-hybridized carbons (Fsp3) is 0.613. The zero-order valence-electron chi connectivity index (χ0n) is 22.6. The number of hydrogen-bond acceptors (Lipinski definition) is 3. The van der Waals surface area contributed by atoms with Gasteiger partial charge in [0.2, 0.25) is 0 Å². The van der Waals surface area contributed by atoms with Gasteiger partial charge in [0.15, 0.2) is 0 Å². The van der Waals surface area contributed by atoms with Crippen molar-refractivity contribution in [1.29, 1.82) is 0 Å². The molecule has 0 bridgehead atoms. The predicted molar refractivity (Wildman–Crippen MR) is 145 cm³/mol. The number of carbonyl (C=O) groups is 1. The average Bonchev–Trinajstić information content (AvgIpc) is 2.89. The van der Waals surface area contributed by atoms with Crippen molar-refractivity contribution in [3.05, 3.63) is 53.7 Å². The van der Waals surface area contributed by atoms with Gasteiger partial charge in [0.05, 0.1) is 23.8 Å². The van der Waals surface area contributed by atoms with Crippen molar-refractivity contribution in [2.45, 2.75) is 110 Å². The first-order valence-corrected chi connectivity index (χ1v) is 14.1. The molecule has 1 atom stereocenters. The first-order valence-electron chi connectivity index (χ1n) is 14.1. The SMILES string of the molecule is CCCCCCCCCc1ccc(-c2ccc(C(=O)OCCC(CCCCCC)C(F)(F)F)cc2)nc1. The average molecular weight is 520 g/mol. The van der Waals surface area contributed by atoms with Gasteiger partial charge in [-0.25, -0.2) is 4.79 Å². The molecule has 0 aliphatic carbocycles. The molecule has 1 aromatic heterocycles. The van der Waals surface area contributed by atoms with Gasteiger partial charge in [-0.15, -0.1) is 0 Å². The largest absolute Gasteiger partial charge is 0.462 e. The quantitative estimate of drug-likeness (QED) is 0.145. The van der Waals surface area contributed by atoms with E-state index in [0.717, 1.165) is 36.9 Å². The van der Waals surface area contributed by atoms with E-state index in [1.165, 1.54) is 50.5 Å². The Kier molecular flexibility index (Phi) is 14.3. The minimum absolute atomic E-state index is 0.0839. The van der Waals surface area contributed by atoms with Gasteiger partial charge >= 0.3 is 12.1 Å².